The van der Waals surface area contributed by atoms with Gasteiger partial charge in [-0.3, -0.25) is 14.4 Å². The lowest BCUT2D eigenvalue weighted by atomic mass is 9.34. The molecule has 6 rings (SSSR count). The van der Waals surface area contributed by atoms with Gasteiger partial charge in [0.1, 0.15) is 6.10 Å². The van der Waals surface area contributed by atoms with Gasteiger partial charge in [-0.1, -0.05) is 70.8 Å². The highest BCUT2D eigenvalue weighted by Gasteiger charge is 2.69. The van der Waals surface area contributed by atoms with E-state index in [0.717, 1.165) is 68.6 Å². The van der Waals surface area contributed by atoms with E-state index >= 15 is 0 Å². The molecule has 51 heavy (non-hydrogen) atoms. The molecule has 0 aliphatic heterocycles. The van der Waals surface area contributed by atoms with E-state index in [4.69, 9.17) is 16.3 Å². The predicted molar refractivity (Wildman–Crippen MR) is 203 cm³/mol. The maximum absolute atomic E-state index is 14.0. The Morgan fingerprint density at radius 3 is 2.33 bits per heavy atom. The van der Waals surface area contributed by atoms with Crippen LogP contribution >= 0.6 is 11.6 Å². The van der Waals surface area contributed by atoms with Gasteiger partial charge in [0.05, 0.1) is 11.8 Å². The molecule has 282 valence electrons. The van der Waals surface area contributed by atoms with Crippen LogP contribution in [0.5, 0.6) is 0 Å². The number of carbonyl (C=O) groups excluding carboxylic acids is 2. The van der Waals surface area contributed by atoms with E-state index in [2.05, 4.69) is 65.6 Å². The molecule has 0 saturated heterocycles. The van der Waals surface area contributed by atoms with Crippen LogP contribution in [0.1, 0.15) is 132 Å². The molecule has 0 heterocycles. The van der Waals surface area contributed by atoms with Gasteiger partial charge in [0.2, 0.25) is 0 Å². The van der Waals surface area contributed by atoms with E-state index in [1.54, 1.807) is 19.4 Å². The van der Waals surface area contributed by atoms with Gasteiger partial charge in [-0.05, 0) is 154 Å². The number of ether oxygens (including phenoxy) is 1. The van der Waals surface area contributed by atoms with Crippen molar-refractivity contribution in [1.29, 1.82) is 0 Å². The van der Waals surface area contributed by atoms with E-state index in [-0.39, 0.29) is 46.0 Å². The van der Waals surface area contributed by atoms with E-state index in [1.807, 2.05) is 12.1 Å². The number of carbonyl (C=O) groups is 3. The molecule has 4 fully saturated rings. The number of rotatable bonds is 10. The molecular weight excluding hydrogens is 658 g/mol. The second kappa shape index (κ2) is 13.6. The number of carboxylic acid groups (broad SMARTS) is 1. The van der Waals surface area contributed by atoms with Gasteiger partial charge in [-0.2, -0.15) is 0 Å². The van der Waals surface area contributed by atoms with E-state index in [0.29, 0.717) is 30.0 Å². The fourth-order valence-corrected chi connectivity index (χ4v) is 13.0. The number of Topliss-reactive ketones (excluding diaryl/α,β-unsaturated/α-hetero) is 1. The van der Waals surface area contributed by atoms with E-state index < -0.39 is 17.4 Å². The molecule has 6 nitrogen and oxygen atoms in total. The fraction of sp³-hybridized carbons (Fsp3) is 0.750. The quantitative estimate of drug-likeness (QED) is 0.242. The van der Waals surface area contributed by atoms with Crippen LogP contribution in [0.25, 0.3) is 0 Å². The zero-order chi connectivity index (χ0) is 37.3. The van der Waals surface area contributed by atoms with Gasteiger partial charge in [-0.15, -0.1) is 0 Å². The number of aliphatic carboxylic acids is 1. The summed E-state index contributed by atoms with van der Waals surface area (Å²) in [5.74, 6) is 0.994. The SMILES string of the molecule is CC(C)C1=C2[C@H]3CC[C@@H]4[C@@]5(C)CC[C@H](OC(=O)CC(C)(C)C(=O)O)[C@H](C)[C@@H]5CC[C@@]4(C)[C@]3(C)CC[C@@]2(CCN(C)Cc2ccc(Cl)cc2)CC1=O. The van der Waals surface area contributed by atoms with Crippen LogP contribution < -0.4 is 0 Å². The minimum atomic E-state index is -1.13. The Bertz CT molecular complexity index is 1570. The Hall–Kier alpha value is -2.18. The number of carboxylic acids is 1. The van der Waals surface area contributed by atoms with Crippen LogP contribution in [0.4, 0.5) is 0 Å². The lowest BCUT2D eigenvalue weighted by Gasteiger charge is -2.71. The third-order valence-electron chi connectivity index (χ3n) is 15.9. The summed E-state index contributed by atoms with van der Waals surface area (Å²) >= 11 is 6.16. The normalized spacial score (nSPS) is 37.9. The van der Waals surface area contributed by atoms with Crippen molar-refractivity contribution in [3.8, 4) is 0 Å². The first kappa shape index (κ1) is 38.5. The van der Waals surface area contributed by atoms with Crippen molar-refractivity contribution < 1.29 is 24.2 Å². The summed E-state index contributed by atoms with van der Waals surface area (Å²) in [6.07, 6.45) is 10.2. The fourth-order valence-electron chi connectivity index (χ4n) is 12.8. The van der Waals surface area contributed by atoms with Crippen LogP contribution in [0.2, 0.25) is 5.02 Å². The van der Waals surface area contributed by atoms with Crippen LogP contribution in [-0.4, -0.2) is 47.4 Å². The first-order chi connectivity index (χ1) is 23.8. The lowest BCUT2D eigenvalue weighted by Crippen LogP contribution is -2.64. The average Bonchev–Trinajstić information content (AvgIpc) is 3.35. The molecule has 4 saturated carbocycles. The maximum atomic E-state index is 14.0. The molecule has 5 aliphatic carbocycles. The smallest absolute Gasteiger partial charge is 0.309 e. The van der Waals surface area contributed by atoms with Crippen LogP contribution in [0, 0.1) is 56.7 Å². The van der Waals surface area contributed by atoms with Gasteiger partial charge < -0.3 is 14.7 Å². The summed E-state index contributed by atoms with van der Waals surface area (Å²) in [6.45, 7) is 19.6. The molecule has 7 heteroatoms. The van der Waals surface area contributed by atoms with Gasteiger partial charge >= 0.3 is 11.9 Å². The van der Waals surface area contributed by atoms with Crippen LogP contribution in [0.15, 0.2) is 35.4 Å². The number of ketones is 1. The lowest BCUT2D eigenvalue weighted by molar-refractivity contribution is -0.216. The number of halogens is 1. The monoisotopic (exact) mass is 721 g/mol. The number of fused-ring (bicyclic) bond motifs is 7. The Morgan fingerprint density at radius 1 is 1.00 bits per heavy atom. The molecule has 0 bridgehead atoms. The highest BCUT2D eigenvalue weighted by molar-refractivity contribution is 6.30. The van der Waals surface area contributed by atoms with Crippen molar-refractivity contribution in [3.63, 3.8) is 0 Å². The minimum absolute atomic E-state index is 0.0366. The summed E-state index contributed by atoms with van der Waals surface area (Å²) < 4.78 is 6.08. The molecule has 0 amide bonds. The Morgan fingerprint density at radius 2 is 1.69 bits per heavy atom. The third kappa shape index (κ3) is 6.44. The molecule has 1 aromatic rings. The summed E-state index contributed by atoms with van der Waals surface area (Å²) in [6, 6.07) is 8.16. The average molecular weight is 722 g/mol. The summed E-state index contributed by atoms with van der Waals surface area (Å²) in [5.41, 5.74) is 3.24. The second-order valence-electron chi connectivity index (χ2n) is 19.4. The Kier molecular flexibility index (Phi) is 10.3. The van der Waals surface area contributed by atoms with Crippen molar-refractivity contribution >= 4 is 29.3 Å². The summed E-state index contributed by atoms with van der Waals surface area (Å²) in [5, 5.41) is 10.3. The second-order valence-corrected chi connectivity index (χ2v) is 19.9. The van der Waals surface area contributed by atoms with Crippen LogP contribution in [0.3, 0.4) is 0 Å². The van der Waals surface area contributed by atoms with Gasteiger partial charge in [-0.25, -0.2) is 0 Å². The first-order valence-electron chi connectivity index (χ1n) is 19.9. The van der Waals surface area contributed by atoms with Gasteiger partial charge in [0.25, 0.3) is 0 Å². The number of esters is 1. The van der Waals surface area contributed by atoms with Crippen LogP contribution in [-0.2, 0) is 25.7 Å². The molecule has 0 radical (unpaired) electrons. The van der Waals surface area contributed by atoms with Crippen molar-refractivity contribution in [2.75, 3.05) is 13.6 Å². The molecule has 1 aromatic carbocycles. The van der Waals surface area contributed by atoms with Crippen molar-refractivity contribution in [3.05, 3.63) is 46.0 Å². The standard InChI is InChI=1S/C44H64ClNO5/c1-27(2)37-33(47)24-44(22-23-46(9)26-29-10-12-30(45)13-11-29)21-20-42(7)32(38(37)44)14-15-35-41(6)18-17-34(28(3)31(41)16-19-43(35,42)8)51-36(48)25-40(4,5)39(49)50/h10-13,27-28,31-32,34-35H,14-26H2,1-9H3,(H,49,50)/t28-,31+,32-,34+,35-,41+,42-,43-,44-/m1/s1. The summed E-state index contributed by atoms with van der Waals surface area (Å²) in [7, 11) is 2.21. The largest absolute Gasteiger partial charge is 0.481 e. The highest BCUT2D eigenvalue weighted by Crippen LogP contribution is 2.76. The highest BCUT2D eigenvalue weighted by atomic mass is 35.5. The number of nitrogens with zero attached hydrogens (tertiary/aromatic N) is 1. The number of hydrogen-bond acceptors (Lipinski definition) is 5. The molecule has 1 N–H and O–H groups in total. The van der Waals surface area contributed by atoms with Crippen molar-refractivity contribution in [2.24, 2.45) is 56.7 Å². The van der Waals surface area contributed by atoms with Gasteiger partial charge in [0.15, 0.2) is 5.78 Å². The van der Waals surface area contributed by atoms with Crippen molar-refractivity contribution in [1.82, 2.24) is 4.90 Å². The molecular formula is C44H64ClNO5. The minimum Gasteiger partial charge on any atom is -0.481 e. The topological polar surface area (TPSA) is 83.9 Å². The predicted octanol–water partition coefficient (Wildman–Crippen LogP) is 10.2. The Balaban J connectivity index is 1.23. The summed E-state index contributed by atoms with van der Waals surface area (Å²) in [4.78, 5) is 41.1. The molecule has 0 aromatic heterocycles. The number of allylic oxidation sites excluding steroid dienone is 2. The van der Waals surface area contributed by atoms with E-state index in [9.17, 15) is 19.5 Å². The van der Waals surface area contributed by atoms with E-state index in [1.165, 1.54) is 18.4 Å². The number of hydrogen-bond donors (Lipinski definition) is 1. The third-order valence-corrected chi connectivity index (χ3v) is 16.1. The van der Waals surface area contributed by atoms with Crippen molar-refractivity contribution in [2.45, 2.75) is 139 Å². The zero-order valence-corrected chi connectivity index (χ0v) is 33.6. The zero-order valence-electron chi connectivity index (χ0n) is 32.9. The molecule has 5 aliphatic rings. The molecule has 0 unspecified atom stereocenters. The van der Waals surface area contributed by atoms with Gasteiger partial charge in [0, 0.05) is 23.4 Å². The Labute approximate surface area is 312 Å². The molecule has 0 spiro atoms. The molecule has 9 atom stereocenters. The maximum Gasteiger partial charge on any atom is 0.309 e. The first-order valence-corrected chi connectivity index (χ1v) is 20.3. The number of benzene rings is 1.